The van der Waals surface area contributed by atoms with Gasteiger partial charge >= 0.3 is 0 Å². The minimum atomic E-state index is -0.737. The van der Waals surface area contributed by atoms with Gasteiger partial charge in [-0.1, -0.05) is 30.3 Å². The van der Waals surface area contributed by atoms with Crippen molar-refractivity contribution < 1.29 is 9.84 Å². The fourth-order valence-electron chi connectivity index (χ4n) is 5.24. The number of aromatic nitrogens is 2. The Morgan fingerprint density at radius 1 is 1.10 bits per heavy atom. The molecule has 0 radical (unpaired) electrons. The van der Waals surface area contributed by atoms with E-state index in [0.717, 1.165) is 44.1 Å². The monoisotopic (exact) mass is 410 g/mol. The Labute approximate surface area is 177 Å². The summed E-state index contributed by atoms with van der Waals surface area (Å²) >= 11 is 0. The van der Waals surface area contributed by atoms with Gasteiger partial charge in [0.05, 0.1) is 31.3 Å². The van der Waals surface area contributed by atoms with Crippen molar-refractivity contribution in [1.29, 1.82) is 0 Å². The van der Waals surface area contributed by atoms with Crippen molar-refractivity contribution in [1.82, 2.24) is 20.2 Å². The summed E-state index contributed by atoms with van der Waals surface area (Å²) in [7, 11) is 4.28. The Hall–Kier alpha value is -2.26. The number of hydrogen-bond donors (Lipinski definition) is 2. The van der Waals surface area contributed by atoms with Crippen LogP contribution in [0.4, 0.5) is 11.6 Å². The van der Waals surface area contributed by atoms with E-state index >= 15 is 0 Å². The first-order valence-corrected chi connectivity index (χ1v) is 10.6. The number of aliphatic hydroxyl groups excluding tert-OH is 1. The number of hydrogen-bond acceptors (Lipinski definition) is 8. The number of rotatable bonds is 4. The van der Waals surface area contributed by atoms with E-state index < -0.39 is 6.35 Å². The molecular weight excluding hydrogens is 380 g/mol. The molecule has 1 aliphatic carbocycles. The van der Waals surface area contributed by atoms with E-state index in [4.69, 9.17) is 4.74 Å². The minimum absolute atomic E-state index is 0.0132. The molecule has 2 aliphatic heterocycles. The van der Waals surface area contributed by atoms with Crippen LogP contribution >= 0.6 is 0 Å². The summed E-state index contributed by atoms with van der Waals surface area (Å²) in [5.74, 6) is 0.720. The number of anilines is 2. The normalized spacial score (nSPS) is 31.4. The average molecular weight is 411 g/mol. The van der Waals surface area contributed by atoms with Gasteiger partial charge in [-0.25, -0.2) is 9.97 Å². The quantitative estimate of drug-likeness (QED) is 0.773. The third kappa shape index (κ3) is 3.24. The van der Waals surface area contributed by atoms with Gasteiger partial charge in [-0.3, -0.25) is 10.2 Å². The summed E-state index contributed by atoms with van der Waals surface area (Å²) in [6, 6.07) is 10.7. The fourth-order valence-corrected chi connectivity index (χ4v) is 5.24. The van der Waals surface area contributed by atoms with Crippen molar-refractivity contribution in [2.75, 3.05) is 56.7 Å². The van der Waals surface area contributed by atoms with Gasteiger partial charge in [0.1, 0.15) is 0 Å². The second-order valence-corrected chi connectivity index (χ2v) is 8.91. The highest BCUT2D eigenvalue weighted by Crippen LogP contribution is 2.53. The van der Waals surface area contributed by atoms with E-state index in [0.29, 0.717) is 13.2 Å². The first-order valence-electron chi connectivity index (χ1n) is 10.6. The van der Waals surface area contributed by atoms with Crippen LogP contribution in [0.3, 0.4) is 0 Å². The number of morpholine rings is 1. The Kier molecular flexibility index (Phi) is 4.89. The van der Waals surface area contributed by atoms with E-state index in [2.05, 4.69) is 69.5 Å². The van der Waals surface area contributed by atoms with Crippen molar-refractivity contribution in [2.45, 2.75) is 30.3 Å². The van der Waals surface area contributed by atoms with Crippen LogP contribution in [0.2, 0.25) is 0 Å². The Morgan fingerprint density at radius 2 is 1.77 bits per heavy atom. The van der Waals surface area contributed by atoms with Crippen LogP contribution in [-0.4, -0.2) is 78.8 Å². The van der Waals surface area contributed by atoms with Crippen LogP contribution < -0.4 is 15.1 Å². The van der Waals surface area contributed by atoms with Gasteiger partial charge in [0, 0.05) is 30.7 Å². The predicted molar refractivity (Wildman–Crippen MR) is 115 cm³/mol. The third-order valence-corrected chi connectivity index (χ3v) is 6.88. The van der Waals surface area contributed by atoms with E-state index in [1.807, 2.05) is 17.3 Å². The van der Waals surface area contributed by atoms with Crippen molar-refractivity contribution in [3.05, 3.63) is 48.3 Å². The average Bonchev–Trinajstić information content (AvgIpc) is 3.11. The number of nitrogens with zero attached hydrogens (tertiary/aromatic N) is 5. The zero-order valence-electron chi connectivity index (χ0n) is 17.7. The van der Waals surface area contributed by atoms with Crippen molar-refractivity contribution >= 4 is 11.6 Å². The molecule has 3 aliphatic rings. The molecule has 160 valence electrons. The molecule has 30 heavy (non-hydrogen) atoms. The van der Waals surface area contributed by atoms with Gasteiger partial charge in [0.2, 0.25) is 5.95 Å². The second-order valence-electron chi connectivity index (χ2n) is 8.91. The minimum Gasteiger partial charge on any atom is -0.378 e. The van der Waals surface area contributed by atoms with Gasteiger partial charge in [-0.05, 0) is 32.5 Å². The van der Waals surface area contributed by atoms with Crippen LogP contribution in [0, 0.1) is 0 Å². The Balaban J connectivity index is 1.31. The topological polar surface area (TPSA) is 77.0 Å². The molecule has 1 aromatic heterocycles. The standard InChI is InChI=1S/C22H30N6O2/c1-26(2)22(17-6-4-3-5-7-17)14-21(15-22)16-28(20(29)25-21)18-12-23-19(24-13-18)27-8-10-30-11-9-27/h3-7,12-13,20,25,29H,8-11,14-16H2,1-2H3/t20?,21-,22+. The highest BCUT2D eigenvalue weighted by Gasteiger charge is 2.60. The van der Waals surface area contributed by atoms with Crippen LogP contribution in [0.5, 0.6) is 0 Å². The lowest BCUT2D eigenvalue weighted by Gasteiger charge is -2.58. The zero-order chi connectivity index (χ0) is 20.8. The number of aliphatic hydroxyl groups is 1. The van der Waals surface area contributed by atoms with Crippen LogP contribution in [0.15, 0.2) is 42.7 Å². The second kappa shape index (κ2) is 7.46. The SMILES string of the molecule is CN(C)[C@]1(c2ccccc2)C[C@@]2(CN(c3cnc(N4CCOCC4)nc3)C(O)N2)C1. The number of nitrogens with one attached hydrogen (secondary N) is 1. The molecule has 1 unspecified atom stereocenters. The predicted octanol–water partition coefficient (Wildman–Crippen LogP) is 0.988. The highest BCUT2D eigenvalue weighted by molar-refractivity contribution is 5.49. The van der Waals surface area contributed by atoms with Crippen LogP contribution in [-0.2, 0) is 10.3 Å². The molecule has 0 bridgehead atoms. The summed E-state index contributed by atoms with van der Waals surface area (Å²) in [5, 5.41) is 14.2. The largest absolute Gasteiger partial charge is 0.378 e. The lowest BCUT2D eigenvalue weighted by Crippen LogP contribution is -2.67. The molecule has 1 saturated carbocycles. The molecule has 2 saturated heterocycles. The van der Waals surface area contributed by atoms with Crippen LogP contribution in [0.1, 0.15) is 18.4 Å². The molecule has 3 heterocycles. The first kappa shape index (κ1) is 19.7. The molecule has 8 heteroatoms. The summed E-state index contributed by atoms with van der Waals surface area (Å²) in [5.41, 5.74) is 2.03. The van der Waals surface area contributed by atoms with Crippen molar-refractivity contribution in [3.63, 3.8) is 0 Å². The van der Waals surface area contributed by atoms with Gasteiger partial charge in [-0.2, -0.15) is 0 Å². The lowest BCUT2D eigenvalue weighted by atomic mass is 9.59. The van der Waals surface area contributed by atoms with E-state index in [9.17, 15) is 5.11 Å². The van der Waals surface area contributed by atoms with Gasteiger partial charge in [-0.15, -0.1) is 0 Å². The fraction of sp³-hybridized carbons (Fsp3) is 0.545. The molecule has 2 aromatic rings. The maximum Gasteiger partial charge on any atom is 0.225 e. The number of ether oxygens (including phenoxy) is 1. The van der Waals surface area contributed by atoms with E-state index in [-0.39, 0.29) is 11.1 Å². The van der Waals surface area contributed by atoms with Crippen molar-refractivity contribution in [2.24, 2.45) is 0 Å². The van der Waals surface area contributed by atoms with Gasteiger partial charge in [0.15, 0.2) is 6.35 Å². The first-order chi connectivity index (χ1) is 14.5. The summed E-state index contributed by atoms with van der Waals surface area (Å²) in [6.07, 6.45) is 4.78. The van der Waals surface area contributed by atoms with Crippen molar-refractivity contribution in [3.8, 4) is 0 Å². The molecule has 3 fully saturated rings. The third-order valence-electron chi connectivity index (χ3n) is 6.88. The summed E-state index contributed by atoms with van der Waals surface area (Å²) in [6.45, 7) is 3.76. The molecule has 1 atom stereocenters. The van der Waals surface area contributed by atoms with Gasteiger partial charge < -0.3 is 19.6 Å². The lowest BCUT2D eigenvalue weighted by molar-refractivity contribution is -0.0313. The summed E-state index contributed by atoms with van der Waals surface area (Å²) in [4.78, 5) is 15.5. The molecule has 1 spiro atoms. The zero-order valence-corrected chi connectivity index (χ0v) is 17.7. The maximum atomic E-state index is 10.8. The molecule has 8 nitrogen and oxygen atoms in total. The maximum absolute atomic E-state index is 10.8. The Bertz CT molecular complexity index is 863. The summed E-state index contributed by atoms with van der Waals surface area (Å²) < 4.78 is 5.40. The molecule has 0 amide bonds. The molecule has 1 aromatic carbocycles. The number of benzene rings is 1. The van der Waals surface area contributed by atoms with E-state index in [1.54, 1.807) is 0 Å². The van der Waals surface area contributed by atoms with E-state index in [1.165, 1.54) is 5.56 Å². The van der Waals surface area contributed by atoms with Gasteiger partial charge in [0.25, 0.3) is 0 Å². The molecule has 5 rings (SSSR count). The smallest absolute Gasteiger partial charge is 0.225 e. The molecular formula is C22H30N6O2. The molecule has 2 N–H and O–H groups in total. The van der Waals surface area contributed by atoms with Crippen LogP contribution in [0.25, 0.3) is 0 Å². The highest BCUT2D eigenvalue weighted by atomic mass is 16.5. The Morgan fingerprint density at radius 3 is 2.40 bits per heavy atom.